The molecular formula is C12H16INO2. The van der Waals surface area contributed by atoms with Crippen molar-refractivity contribution in [1.29, 1.82) is 0 Å². The minimum absolute atomic E-state index is 0.379. The Morgan fingerprint density at radius 3 is 2.88 bits per heavy atom. The van der Waals surface area contributed by atoms with Gasteiger partial charge in [0.05, 0.1) is 12.3 Å². The molecule has 0 atom stereocenters. The van der Waals surface area contributed by atoms with Gasteiger partial charge >= 0.3 is 6.09 Å². The largest absolute Gasteiger partial charge is 0.449 e. The van der Waals surface area contributed by atoms with Crippen molar-refractivity contribution in [3.63, 3.8) is 0 Å². The molecule has 16 heavy (non-hydrogen) atoms. The van der Waals surface area contributed by atoms with Crippen LogP contribution >= 0.6 is 22.6 Å². The molecule has 88 valence electrons. The van der Waals surface area contributed by atoms with Gasteiger partial charge < -0.3 is 4.74 Å². The van der Waals surface area contributed by atoms with Crippen molar-refractivity contribution in [3.8, 4) is 0 Å². The fourth-order valence-electron chi connectivity index (χ4n) is 1.18. The smallest absolute Gasteiger partial charge is 0.411 e. The number of aryl methyl sites for hydroxylation is 1. The molecule has 0 spiro atoms. The van der Waals surface area contributed by atoms with Crippen molar-refractivity contribution in [2.75, 3.05) is 11.9 Å². The minimum atomic E-state index is -0.379. The number of carbonyl (C=O) groups is 1. The molecule has 0 heterocycles. The number of amides is 1. The van der Waals surface area contributed by atoms with Gasteiger partial charge in [0, 0.05) is 3.57 Å². The Morgan fingerprint density at radius 1 is 1.50 bits per heavy atom. The second kappa shape index (κ2) is 6.73. The number of hydrogen-bond donors (Lipinski definition) is 1. The summed E-state index contributed by atoms with van der Waals surface area (Å²) in [4.78, 5) is 11.4. The summed E-state index contributed by atoms with van der Waals surface area (Å²) in [5.41, 5.74) is 1.97. The maximum Gasteiger partial charge on any atom is 0.411 e. The molecular weight excluding hydrogens is 317 g/mol. The van der Waals surface area contributed by atoms with E-state index in [9.17, 15) is 4.79 Å². The lowest BCUT2D eigenvalue weighted by Crippen LogP contribution is -2.15. The maximum atomic E-state index is 11.4. The molecule has 0 aliphatic heterocycles. The first kappa shape index (κ1) is 13.3. The van der Waals surface area contributed by atoms with Crippen molar-refractivity contribution >= 4 is 34.4 Å². The van der Waals surface area contributed by atoms with Gasteiger partial charge in [0.15, 0.2) is 0 Å². The summed E-state index contributed by atoms with van der Waals surface area (Å²) in [5.74, 6) is 0. The van der Waals surface area contributed by atoms with Crippen molar-refractivity contribution in [3.05, 3.63) is 27.3 Å². The van der Waals surface area contributed by atoms with E-state index in [4.69, 9.17) is 4.74 Å². The summed E-state index contributed by atoms with van der Waals surface area (Å²) in [6.45, 7) is 4.56. The zero-order valence-corrected chi connectivity index (χ0v) is 11.7. The van der Waals surface area contributed by atoms with Crippen LogP contribution in [-0.4, -0.2) is 12.7 Å². The molecule has 0 radical (unpaired) electrons. The highest BCUT2D eigenvalue weighted by molar-refractivity contribution is 14.1. The molecule has 0 saturated carbocycles. The Bertz CT molecular complexity index is 366. The Kier molecular flexibility index (Phi) is 5.59. The first-order valence-electron chi connectivity index (χ1n) is 5.33. The second-order valence-electron chi connectivity index (χ2n) is 3.60. The fourth-order valence-corrected chi connectivity index (χ4v) is 1.98. The molecule has 3 nitrogen and oxygen atoms in total. The standard InChI is InChI=1S/C12H16INO2/c1-3-4-7-16-12(15)14-11-6-5-9(2)8-10(11)13/h5-6,8H,3-4,7H2,1-2H3,(H,14,15). The normalized spacial score (nSPS) is 9.94. The number of ether oxygens (including phenoxy) is 1. The van der Waals surface area contributed by atoms with E-state index in [2.05, 4.69) is 34.8 Å². The molecule has 0 unspecified atom stereocenters. The third kappa shape index (κ3) is 4.38. The number of halogens is 1. The van der Waals surface area contributed by atoms with E-state index in [-0.39, 0.29) is 6.09 Å². The Morgan fingerprint density at radius 2 is 2.25 bits per heavy atom. The van der Waals surface area contributed by atoms with Gasteiger partial charge in [0.25, 0.3) is 0 Å². The van der Waals surface area contributed by atoms with Gasteiger partial charge in [-0.05, 0) is 53.6 Å². The van der Waals surface area contributed by atoms with Gasteiger partial charge in [0.1, 0.15) is 0 Å². The molecule has 0 aromatic heterocycles. The zero-order valence-electron chi connectivity index (χ0n) is 9.55. The van der Waals surface area contributed by atoms with Gasteiger partial charge in [-0.3, -0.25) is 5.32 Å². The topological polar surface area (TPSA) is 38.3 Å². The number of carbonyl (C=O) groups excluding carboxylic acids is 1. The number of hydrogen-bond acceptors (Lipinski definition) is 2. The first-order valence-corrected chi connectivity index (χ1v) is 6.41. The van der Waals surface area contributed by atoms with Crippen LogP contribution in [0.25, 0.3) is 0 Å². The number of benzene rings is 1. The van der Waals surface area contributed by atoms with Gasteiger partial charge in [-0.25, -0.2) is 4.79 Å². The van der Waals surface area contributed by atoms with E-state index in [1.807, 2.05) is 25.1 Å². The highest BCUT2D eigenvalue weighted by Gasteiger charge is 2.05. The van der Waals surface area contributed by atoms with Crippen LogP contribution in [0.2, 0.25) is 0 Å². The Balaban J connectivity index is 2.49. The number of unbranched alkanes of at least 4 members (excludes halogenated alkanes) is 1. The monoisotopic (exact) mass is 333 g/mol. The molecule has 0 saturated heterocycles. The van der Waals surface area contributed by atoms with Crippen LogP contribution in [-0.2, 0) is 4.74 Å². The summed E-state index contributed by atoms with van der Waals surface area (Å²) in [5, 5.41) is 2.73. The van der Waals surface area contributed by atoms with Gasteiger partial charge in [0.2, 0.25) is 0 Å². The molecule has 4 heteroatoms. The third-order valence-electron chi connectivity index (χ3n) is 2.09. The van der Waals surface area contributed by atoms with Crippen molar-refractivity contribution in [2.45, 2.75) is 26.7 Å². The van der Waals surface area contributed by atoms with E-state index < -0.39 is 0 Å². The van der Waals surface area contributed by atoms with Crippen LogP contribution in [0.4, 0.5) is 10.5 Å². The summed E-state index contributed by atoms with van der Waals surface area (Å²) in [7, 11) is 0. The van der Waals surface area contributed by atoms with Gasteiger partial charge in [-0.2, -0.15) is 0 Å². The number of rotatable bonds is 4. The lowest BCUT2D eigenvalue weighted by molar-refractivity contribution is 0.160. The van der Waals surface area contributed by atoms with E-state index in [0.29, 0.717) is 6.61 Å². The molecule has 1 N–H and O–H groups in total. The lowest BCUT2D eigenvalue weighted by atomic mass is 10.2. The predicted octanol–water partition coefficient (Wildman–Crippen LogP) is 3.95. The van der Waals surface area contributed by atoms with Crippen LogP contribution in [0.3, 0.4) is 0 Å². The Labute approximate surface area is 110 Å². The predicted molar refractivity (Wildman–Crippen MR) is 73.8 cm³/mol. The molecule has 1 amide bonds. The Hall–Kier alpha value is -0.780. The maximum absolute atomic E-state index is 11.4. The van der Waals surface area contributed by atoms with Crippen LogP contribution < -0.4 is 5.32 Å². The summed E-state index contributed by atoms with van der Waals surface area (Å²) in [6.07, 6.45) is 1.54. The summed E-state index contributed by atoms with van der Waals surface area (Å²) >= 11 is 2.19. The molecule has 1 aromatic rings. The van der Waals surface area contributed by atoms with Crippen molar-refractivity contribution in [2.24, 2.45) is 0 Å². The van der Waals surface area contributed by atoms with Crippen LogP contribution in [0.15, 0.2) is 18.2 Å². The molecule has 0 bridgehead atoms. The van der Waals surface area contributed by atoms with Crippen LogP contribution in [0.5, 0.6) is 0 Å². The number of anilines is 1. The lowest BCUT2D eigenvalue weighted by Gasteiger charge is -2.08. The molecule has 0 fully saturated rings. The van der Waals surface area contributed by atoms with Crippen LogP contribution in [0.1, 0.15) is 25.3 Å². The molecule has 0 aliphatic rings. The zero-order chi connectivity index (χ0) is 12.0. The van der Waals surface area contributed by atoms with Crippen molar-refractivity contribution in [1.82, 2.24) is 0 Å². The SMILES string of the molecule is CCCCOC(=O)Nc1ccc(C)cc1I. The quantitative estimate of drug-likeness (QED) is 0.669. The second-order valence-corrected chi connectivity index (χ2v) is 4.76. The minimum Gasteiger partial charge on any atom is -0.449 e. The van der Waals surface area contributed by atoms with Gasteiger partial charge in [-0.1, -0.05) is 19.4 Å². The van der Waals surface area contributed by atoms with Crippen LogP contribution in [0, 0.1) is 10.5 Å². The summed E-state index contributed by atoms with van der Waals surface area (Å²) < 4.78 is 6.04. The van der Waals surface area contributed by atoms with E-state index in [1.54, 1.807) is 0 Å². The van der Waals surface area contributed by atoms with E-state index in [1.165, 1.54) is 5.56 Å². The highest BCUT2D eigenvalue weighted by Crippen LogP contribution is 2.19. The molecule has 1 aromatic carbocycles. The fraction of sp³-hybridized carbons (Fsp3) is 0.417. The summed E-state index contributed by atoms with van der Waals surface area (Å²) in [6, 6.07) is 5.87. The van der Waals surface area contributed by atoms with Gasteiger partial charge in [-0.15, -0.1) is 0 Å². The first-order chi connectivity index (χ1) is 7.63. The van der Waals surface area contributed by atoms with E-state index >= 15 is 0 Å². The highest BCUT2D eigenvalue weighted by atomic mass is 127. The third-order valence-corrected chi connectivity index (χ3v) is 2.98. The average Bonchev–Trinajstić information content (AvgIpc) is 2.23. The number of nitrogens with one attached hydrogen (secondary N) is 1. The molecule has 0 aliphatic carbocycles. The average molecular weight is 333 g/mol. The molecule has 1 rings (SSSR count). The van der Waals surface area contributed by atoms with E-state index in [0.717, 1.165) is 22.1 Å². The van der Waals surface area contributed by atoms with Crippen molar-refractivity contribution < 1.29 is 9.53 Å².